The van der Waals surface area contributed by atoms with Gasteiger partial charge in [-0.1, -0.05) is 40.5 Å². The van der Waals surface area contributed by atoms with Crippen LogP contribution in [0.3, 0.4) is 0 Å². The molecule has 108 valence electrons. The van der Waals surface area contributed by atoms with Crippen LogP contribution in [0.15, 0.2) is 35.1 Å². The molecule has 0 aliphatic carbocycles. The highest BCUT2D eigenvalue weighted by Gasteiger charge is 2.14. The summed E-state index contributed by atoms with van der Waals surface area (Å²) in [5, 5.41) is 4.28. The number of aromatic nitrogens is 2. The normalized spacial score (nSPS) is 12.6. The summed E-state index contributed by atoms with van der Waals surface area (Å²) in [6.45, 7) is 3.05. The van der Waals surface area contributed by atoms with Crippen molar-refractivity contribution in [1.82, 2.24) is 14.9 Å². The van der Waals surface area contributed by atoms with Crippen molar-refractivity contribution < 1.29 is 0 Å². The van der Waals surface area contributed by atoms with Gasteiger partial charge in [-0.3, -0.25) is 0 Å². The maximum atomic E-state index is 6.01. The first kappa shape index (κ1) is 15.5. The molecule has 1 aromatic carbocycles. The maximum Gasteiger partial charge on any atom is 0.108 e. The lowest BCUT2D eigenvalue weighted by Crippen LogP contribution is -2.22. The van der Waals surface area contributed by atoms with Gasteiger partial charge in [0.2, 0.25) is 0 Å². The van der Waals surface area contributed by atoms with E-state index < -0.39 is 0 Å². The molecule has 1 N–H and O–H groups in total. The van der Waals surface area contributed by atoms with E-state index in [4.69, 9.17) is 11.6 Å². The number of halogens is 2. The number of rotatable bonds is 6. The molecule has 0 spiro atoms. The minimum atomic E-state index is 0.295. The first-order valence-electron chi connectivity index (χ1n) is 6.76. The average molecular weight is 357 g/mol. The maximum absolute atomic E-state index is 6.01. The van der Waals surface area contributed by atoms with Crippen LogP contribution in [0, 0.1) is 0 Å². The summed E-state index contributed by atoms with van der Waals surface area (Å²) in [6, 6.07) is 6.26. The van der Waals surface area contributed by atoms with E-state index in [-0.39, 0.29) is 0 Å². The van der Waals surface area contributed by atoms with E-state index in [9.17, 15) is 0 Å². The molecule has 1 heterocycles. The van der Waals surface area contributed by atoms with Gasteiger partial charge >= 0.3 is 0 Å². The quantitative estimate of drug-likeness (QED) is 0.844. The van der Waals surface area contributed by atoms with E-state index in [1.165, 1.54) is 5.56 Å². The lowest BCUT2D eigenvalue weighted by molar-refractivity contribution is 0.504. The van der Waals surface area contributed by atoms with Crippen molar-refractivity contribution in [2.45, 2.75) is 25.8 Å². The van der Waals surface area contributed by atoms with Crippen LogP contribution in [-0.4, -0.2) is 16.1 Å². The Hall–Kier alpha value is -0.840. The Morgan fingerprint density at radius 1 is 1.45 bits per heavy atom. The molecule has 1 unspecified atom stereocenters. The van der Waals surface area contributed by atoms with Gasteiger partial charge in [0.25, 0.3) is 0 Å². The van der Waals surface area contributed by atoms with E-state index in [2.05, 4.69) is 43.8 Å². The summed E-state index contributed by atoms with van der Waals surface area (Å²) in [7, 11) is 2.03. The van der Waals surface area contributed by atoms with Gasteiger partial charge in [0, 0.05) is 41.4 Å². The summed E-state index contributed by atoms with van der Waals surface area (Å²) in [5.41, 5.74) is 1.24. The zero-order valence-electron chi connectivity index (χ0n) is 11.7. The molecule has 5 heteroatoms. The number of nitrogens with one attached hydrogen (secondary N) is 1. The van der Waals surface area contributed by atoms with Gasteiger partial charge < -0.3 is 9.88 Å². The molecule has 2 aromatic rings. The van der Waals surface area contributed by atoms with E-state index in [0.29, 0.717) is 6.04 Å². The standard InChI is InChI=1S/C15H19BrClN3/c1-3-18-14(6-7-15-19-8-9-20(15)2)12-5-4-11(17)10-13(12)16/h4-5,8-10,14,18H,3,6-7H2,1-2H3. The van der Waals surface area contributed by atoms with Crippen molar-refractivity contribution >= 4 is 27.5 Å². The number of hydrogen-bond donors (Lipinski definition) is 1. The fourth-order valence-corrected chi connectivity index (χ4v) is 3.27. The monoisotopic (exact) mass is 355 g/mol. The summed E-state index contributed by atoms with van der Waals surface area (Å²) in [4.78, 5) is 4.38. The van der Waals surface area contributed by atoms with Crippen LogP contribution >= 0.6 is 27.5 Å². The Bertz CT molecular complexity index is 568. The molecule has 3 nitrogen and oxygen atoms in total. The van der Waals surface area contributed by atoms with Gasteiger partial charge in [-0.15, -0.1) is 0 Å². The van der Waals surface area contributed by atoms with Crippen LogP contribution in [0.4, 0.5) is 0 Å². The zero-order chi connectivity index (χ0) is 14.5. The van der Waals surface area contributed by atoms with Crippen molar-refractivity contribution in [2.75, 3.05) is 6.54 Å². The largest absolute Gasteiger partial charge is 0.338 e. The van der Waals surface area contributed by atoms with Crippen LogP contribution in [-0.2, 0) is 13.5 Å². The molecule has 1 aromatic heterocycles. The highest BCUT2D eigenvalue weighted by atomic mass is 79.9. The topological polar surface area (TPSA) is 29.9 Å². The minimum Gasteiger partial charge on any atom is -0.338 e. The van der Waals surface area contributed by atoms with Gasteiger partial charge in [0.15, 0.2) is 0 Å². The third-order valence-electron chi connectivity index (χ3n) is 3.37. The predicted octanol–water partition coefficient (Wildman–Crippen LogP) is 4.12. The molecule has 0 saturated heterocycles. The van der Waals surface area contributed by atoms with E-state index in [0.717, 1.165) is 34.7 Å². The molecule has 0 fully saturated rings. The van der Waals surface area contributed by atoms with Gasteiger partial charge in [-0.2, -0.15) is 0 Å². The number of imidazole rings is 1. The summed E-state index contributed by atoms with van der Waals surface area (Å²) >= 11 is 9.62. The number of benzene rings is 1. The third-order valence-corrected chi connectivity index (χ3v) is 4.29. The molecule has 0 amide bonds. The smallest absolute Gasteiger partial charge is 0.108 e. The van der Waals surface area contributed by atoms with Crippen molar-refractivity contribution in [3.05, 3.63) is 51.5 Å². The first-order chi connectivity index (χ1) is 9.61. The van der Waals surface area contributed by atoms with Crippen LogP contribution in [0.2, 0.25) is 5.02 Å². The van der Waals surface area contributed by atoms with Crippen molar-refractivity contribution in [3.8, 4) is 0 Å². The van der Waals surface area contributed by atoms with Gasteiger partial charge in [-0.05, 0) is 30.7 Å². The molecule has 2 rings (SSSR count). The van der Waals surface area contributed by atoms with E-state index in [1.807, 2.05) is 31.6 Å². The van der Waals surface area contributed by atoms with Gasteiger partial charge in [0.05, 0.1) is 0 Å². The number of hydrogen-bond acceptors (Lipinski definition) is 2. The molecule has 0 aliphatic rings. The van der Waals surface area contributed by atoms with Crippen molar-refractivity contribution in [3.63, 3.8) is 0 Å². The fourth-order valence-electron chi connectivity index (χ4n) is 2.31. The van der Waals surface area contributed by atoms with Crippen LogP contribution < -0.4 is 5.32 Å². The van der Waals surface area contributed by atoms with Crippen molar-refractivity contribution in [1.29, 1.82) is 0 Å². The second-order valence-electron chi connectivity index (χ2n) is 4.77. The second kappa shape index (κ2) is 7.25. The van der Waals surface area contributed by atoms with Gasteiger partial charge in [-0.25, -0.2) is 4.98 Å². The predicted molar refractivity (Wildman–Crippen MR) is 87.1 cm³/mol. The fraction of sp³-hybridized carbons (Fsp3) is 0.400. The highest BCUT2D eigenvalue weighted by molar-refractivity contribution is 9.10. The molecular weight excluding hydrogens is 338 g/mol. The Morgan fingerprint density at radius 3 is 2.85 bits per heavy atom. The minimum absolute atomic E-state index is 0.295. The number of aryl methyl sites for hydroxylation is 2. The summed E-state index contributed by atoms with van der Waals surface area (Å²) < 4.78 is 3.12. The lowest BCUT2D eigenvalue weighted by atomic mass is 10.0. The molecule has 1 atom stereocenters. The molecule has 0 aliphatic heterocycles. The molecule has 0 radical (unpaired) electrons. The zero-order valence-corrected chi connectivity index (χ0v) is 14.1. The second-order valence-corrected chi connectivity index (χ2v) is 6.06. The lowest BCUT2D eigenvalue weighted by Gasteiger charge is -2.20. The Balaban J connectivity index is 2.12. The Labute approximate surface area is 133 Å². The van der Waals surface area contributed by atoms with Gasteiger partial charge in [0.1, 0.15) is 5.82 Å². The third kappa shape index (κ3) is 3.84. The SMILES string of the molecule is CCNC(CCc1nccn1C)c1ccc(Cl)cc1Br. The van der Waals surface area contributed by atoms with Crippen LogP contribution in [0.1, 0.15) is 30.8 Å². The molecular formula is C15H19BrClN3. The first-order valence-corrected chi connectivity index (χ1v) is 7.93. The summed E-state index contributed by atoms with van der Waals surface area (Å²) in [6.07, 6.45) is 5.76. The molecule has 20 heavy (non-hydrogen) atoms. The van der Waals surface area contributed by atoms with Crippen LogP contribution in [0.25, 0.3) is 0 Å². The van der Waals surface area contributed by atoms with Crippen LogP contribution in [0.5, 0.6) is 0 Å². The van der Waals surface area contributed by atoms with E-state index in [1.54, 1.807) is 0 Å². The Morgan fingerprint density at radius 2 is 2.25 bits per heavy atom. The highest BCUT2D eigenvalue weighted by Crippen LogP contribution is 2.29. The number of nitrogens with zero attached hydrogens (tertiary/aromatic N) is 2. The molecule has 0 saturated carbocycles. The summed E-state index contributed by atoms with van der Waals surface area (Å²) in [5.74, 6) is 1.11. The van der Waals surface area contributed by atoms with Crippen molar-refractivity contribution in [2.24, 2.45) is 7.05 Å². The van der Waals surface area contributed by atoms with E-state index >= 15 is 0 Å². The molecule has 0 bridgehead atoms. The average Bonchev–Trinajstić information content (AvgIpc) is 2.81. The Kier molecular flexibility index (Phi) is 5.64.